The van der Waals surface area contributed by atoms with Crippen LogP contribution in [-0.2, 0) is 16.1 Å². The molecule has 0 aromatic heterocycles. The zero-order chi connectivity index (χ0) is 14.6. The van der Waals surface area contributed by atoms with Gasteiger partial charge >= 0.3 is 0 Å². The Morgan fingerprint density at radius 2 is 1.85 bits per heavy atom. The predicted molar refractivity (Wildman–Crippen MR) is 71.8 cm³/mol. The summed E-state index contributed by atoms with van der Waals surface area (Å²) in [5.74, 6) is 0. The largest absolute Gasteiger partial charge is 0.389 e. The zero-order valence-electron chi connectivity index (χ0n) is 11.3. The minimum Gasteiger partial charge on any atom is -0.389 e. The molecule has 0 aliphatic heterocycles. The van der Waals surface area contributed by atoms with Crippen LogP contribution in [0.4, 0.5) is 8.78 Å². The Bertz CT molecular complexity index is 338. The van der Waals surface area contributed by atoms with Crippen molar-refractivity contribution in [3.8, 4) is 0 Å². The molecular weight excluding hydrogens is 268 g/mol. The first-order valence-electron chi connectivity index (χ1n) is 6.55. The van der Waals surface area contributed by atoms with Gasteiger partial charge in [-0.25, -0.2) is 8.78 Å². The molecular formula is C14H21F2NO3. The third kappa shape index (κ3) is 8.92. The molecule has 0 heterocycles. The first kappa shape index (κ1) is 17.0. The fourth-order valence-corrected chi connectivity index (χ4v) is 1.53. The molecule has 0 aliphatic carbocycles. The second-order valence-electron chi connectivity index (χ2n) is 4.32. The molecule has 1 atom stereocenters. The van der Waals surface area contributed by atoms with Gasteiger partial charge in [0.2, 0.25) is 0 Å². The van der Waals surface area contributed by atoms with Gasteiger partial charge in [0.05, 0.1) is 25.9 Å². The fourth-order valence-electron chi connectivity index (χ4n) is 1.53. The van der Waals surface area contributed by atoms with E-state index >= 15 is 0 Å². The van der Waals surface area contributed by atoms with Crippen LogP contribution in [-0.4, -0.2) is 50.5 Å². The van der Waals surface area contributed by atoms with Gasteiger partial charge in [-0.3, -0.25) is 0 Å². The summed E-state index contributed by atoms with van der Waals surface area (Å²) >= 11 is 0. The van der Waals surface area contributed by atoms with Crippen LogP contribution in [0.5, 0.6) is 0 Å². The van der Waals surface area contributed by atoms with Gasteiger partial charge in [-0.05, 0) is 5.56 Å². The molecule has 6 heteroatoms. The predicted octanol–water partition coefficient (Wildman–Crippen LogP) is 1.44. The van der Waals surface area contributed by atoms with Crippen LogP contribution in [0.2, 0.25) is 0 Å². The number of aliphatic hydroxyl groups is 1. The van der Waals surface area contributed by atoms with Crippen LogP contribution in [0.25, 0.3) is 0 Å². The number of hydrogen-bond acceptors (Lipinski definition) is 4. The Morgan fingerprint density at radius 1 is 1.10 bits per heavy atom. The first-order chi connectivity index (χ1) is 9.68. The van der Waals surface area contributed by atoms with Gasteiger partial charge in [0, 0.05) is 13.1 Å². The summed E-state index contributed by atoms with van der Waals surface area (Å²) < 4.78 is 33.6. The van der Waals surface area contributed by atoms with E-state index in [2.05, 4.69) is 5.32 Å². The lowest BCUT2D eigenvalue weighted by Crippen LogP contribution is -2.32. The molecule has 0 spiro atoms. The molecule has 2 N–H and O–H groups in total. The van der Waals surface area contributed by atoms with Crippen molar-refractivity contribution in [2.24, 2.45) is 0 Å². The SMILES string of the molecule is OC(CNCCOCC(F)F)COCc1ccccc1. The third-order valence-electron chi connectivity index (χ3n) is 2.47. The van der Waals surface area contributed by atoms with Gasteiger partial charge in [0.1, 0.15) is 6.61 Å². The minimum atomic E-state index is -2.44. The van der Waals surface area contributed by atoms with Crippen molar-refractivity contribution in [2.45, 2.75) is 19.1 Å². The van der Waals surface area contributed by atoms with Gasteiger partial charge in [-0.1, -0.05) is 30.3 Å². The van der Waals surface area contributed by atoms with Crippen LogP contribution in [0.15, 0.2) is 30.3 Å². The maximum Gasteiger partial charge on any atom is 0.261 e. The van der Waals surface area contributed by atoms with Crippen LogP contribution >= 0.6 is 0 Å². The van der Waals surface area contributed by atoms with Gasteiger partial charge in [-0.2, -0.15) is 0 Å². The topological polar surface area (TPSA) is 50.7 Å². The van der Waals surface area contributed by atoms with Crippen molar-refractivity contribution in [3.63, 3.8) is 0 Å². The maximum absolute atomic E-state index is 11.7. The Balaban J connectivity index is 1.94. The number of nitrogens with one attached hydrogen (secondary N) is 1. The van der Waals surface area contributed by atoms with Crippen LogP contribution in [0, 0.1) is 0 Å². The highest BCUT2D eigenvalue weighted by Crippen LogP contribution is 2.00. The molecule has 4 nitrogen and oxygen atoms in total. The Kier molecular flexibility index (Phi) is 9.06. The molecule has 1 aromatic rings. The van der Waals surface area contributed by atoms with E-state index in [-0.39, 0.29) is 13.2 Å². The molecule has 1 unspecified atom stereocenters. The average Bonchev–Trinajstić information content (AvgIpc) is 2.43. The van der Waals surface area contributed by atoms with E-state index in [1.807, 2.05) is 30.3 Å². The molecule has 0 saturated heterocycles. The van der Waals surface area contributed by atoms with E-state index in [1.54, 1.807) is 0 Å². The Morgan fingerprint density at radius 3 is 2.55 bits per heavy atom. The van der Waals surface area contributed by atoms with Crippen LogP contribution in [0.1, 0.15) is 5.56 Å². The molecule has 0 fully saturated rings. The lowest BCUT2D eigenvalue weighted by atomic mass is 10.2. The number of ether oxygens (including phenoxy) is 2. The van der Waals surface area contributed by atoms with E-state index in [9.17, 15) is 13.9 Å². The molecule has 20 heavy (non-hydrogen) atoms. The number of rotatable bonds is 11. The van der Waals surface area contributed by atoms with Crippen LogP contribution in [0.3, 0.4) is 0 Å². The molecule has 1 aromatic carbocycles. The lowest BCUT2D eigenvalue weighted by molar-refractivity contribution is 0.0138. The van der Waals surface area contributed by atoms with E-state index in [0.29, 0.717) is 19.7 Å². The van der Waals surface area contributed by atoms with Crippen molar-refractivity contribution in [1.82, 2.24) is 5.32 Å². The van der Waals surface area contributed by atoms with Gasteiger partial charge < -0.3 is 19.9 Å². The summed E-state index contributed by atoms with van der Waals surface area (Å²) in [5, 5.41) is 12.5. The summed E-state index contributed by atoms with van der Waals surface area (Å²) in [4.78, 5) is 0. The standard InChI is InChI=1S/C14H21F2NO3/c15-14(16)11-19-7-6-17-8-13(18)10-20-9-12-4-2-1-3-5-12/h1-5,13-14,17-18H,6-11H2. The van der Waals surface area contributed by atoms with Gasteiger partial charge in [0.15, 0.2) is 0 Å². The molecule has 114 valence electrons. The Labute approximate surface area is 117 Å². The van der Waals surface area contributed by atoms with Crippen molar-refractivity contribution < 1.29 is 23.4 Å². The maximum atomic E-state index is 11.7. The number of aliphatic hydroxyl groups excluding tert-OH is 1. The van der Waals surface area contributed by atoms with Gasteiger partial charge in [0.25, 0.3) is 6.43 Å². The van der Waals surface area contributed by atoms with Crippen molar-refractivity contribution in [3.05, 3.63) is 35.9 Å². The second kappa shape index (κ2) is 10.7. The average molecular weight is 289 g/mol. The molecule has 0 saturated carbocycles. The van der Waals surface area contributed by atoms with Crippen LogP contribution < -0.4 is 5.32 Å². The smallest absolute Gasteiger partial charge is 0.261 e. The van der Waals surface area contributed by atoms with Crippen molar-refractivity contribution in [2.75, 3.05) is 32.9 Å². The fraction of sp³-hybridized carbons (Fsp3) is 0.571. The summed E-state index contributed by atoms with van der Waals surface area (Å²) in [6.07, 6.45) is -3.07. The summed E-state index contributed by atoms with van der Waals surface area (Å²) in [7, 11) is 0. The van der Waals surface area contributed by atoms with Crippen molar-refractivity contribution >= 4 is 0 Å². The van der Waals surface area contributed by atoms with Gasteiger partial charge in [-0.15, -0.1) is 0 Å². The number of hydrogen-bond donors (Lipinski definition) is 2. The highest BCUT2D eigenvalue weighted by molar-refractivity contribution is 5.13. The zero-order valence-corrected chi connectivity index (χ0v) is 11.3. The highest BCUT2D eigenvalue weighted by Gasteiger charge is 2.04. The quantitative estimate of drug-likeness (QED) is 0.605. The number of alkyl halides is 2. The summed E-state index contributed by atoms with van der Waals surface area (Å²) in [5.41, 5.74) is 1.05. The second-order valence-corrected chi connectivity index (χ2v) is 4.32. The van der Waals surface area contributed by atoms with Crippen molar-refractivity contribution in [1.29, 1.82) is 0 Å². The normalized spacial score (nSPS) is 12.8. The van der Waals surface area contributed by atoms with E-state index in [4.69, 9.17) is 9.47 Å². The molecule has 0 amide bonds. The van der Waals surface area contributed by atoms with E-state index in [0.717, 1.165) is 5.56 Å². The molecule has 0 radical (unpaired) electrons. The van der Waals surface area contributed by atoms with E-state index in [1.165, 1.54) is 0 Å². The number of halogens is 2. The molecule has 0 aliphatic rings. The molecule has 1 rings (SSSR count). The highest BCUT2D eigenvalue weighted by atomic mass is 19.3. The third-order valence-corrected chi connectivity index (χ3v) is 2.47. The van der Waals surface area contributed by atoms with E-state index < -0.39 is 19.1 Å². The lowest BCUT2D eigenvalue weighted by Gasteiger charge is -2.12. The number of benzene rings is 1. The molecule has 0 bridgehead atoms. The summed E-state index contributed by atoms with van der Waals surface area (Å²) in [6.45, 7) is 1.08. The monoisotopic (exact) mass is 289 g/mol. The Hall–Kier alpha value is -1.08. The minimum absolute atomic E-state index is 0.196. The first-order valence-corrected chi connectivity index (χ1v) is 6.55. The summed E-state index contributed by atoms with van der Waals surface area (Å²) in [6, 6.07) is 9.68.